The number of ether oxygens (including phenoxy) is 2. The van der Waals surface area contributed by atoms with Crippen molar-refractivity contribution in [2.75, 3.05) is 18.5 Å². The van der Waals surface area contributed by atoms with Gasteiger partial charge in [0.1, 0.15) is 5.70 Å². The first-order valence-corrected chi connectivity index (χ1v) is 8.68. The normalized spacial score (nSPS) is 11.5. The highest BCUT2D eigenvalue weighted by Gasteiger charge is 2.17. The summed E-state index contributed by atoms with van der Waals surface area (Å²) in [6.45, 7) is 10.00. The predicted molar refractivity (Wildman–Crippen MR) is 102 cm³/mol. The molecule has 140 valence electrons. The summed E-state index contributed by atoms with van der Waals surface area (Å²) < 4.78 is 12.1. The second kappa shape index (κ2) is 8.08. The number of esters is 2. The summed E-state index contributed by atoms with van der Waals surface area (Å²) in [5.41, 5.74) is 5.21. The van der Waals surface area contributed by atoms with Crippen LogP contribution >= 0.6 is 0 Å². The predicted octanol–water partition coefficient (Wildman–Crippen LogP) is 3.53. The van der Waals surface area contributed by atoms with Crippen molar-refractivity contribution in [1.29, 1.82) is 0 Å². The molecule has 2 aromatic rings. The number of anilines is 1. The van der Waals surface area contributed by atoms with E-state index in [0.717, 1.165) is 22.8 Å². The molecule has 0 saturated heterocycles. The van der Waals surface area contributed by atoms with Crippen LogP contribution in [0.25, 0.3) is 10.9 Å². The topological polar surface area (TPSA) is 69.6 Å². The van der Waals surface area contributed by atoms with Gasteiger partial charge in [-0.15, -0.1) is 0 Å². The van der Waals surface area contributed by atoms with E-state index < -0.39 is 11.9 Å². The Balaban J connectivity index is 2.47. The molecule has 26 heavy (non-hydrogen) atoms. The van der Waals surface area contributed by atoms with E-state index in [-0.39, 0.29) is 18.9 Å². The molecule has 0 radical (unpaired) electrons. The average molecular weight is 358 g/mol. The zero-order valence-corrected chi connectivity index (χ0v) is 16.2. The first-order valence-electron chi connectivity index (χ1n) is 8.68. The van der Waals surface area contributed by atoms with Gasteiger partial charge in [0, 0.05) is 23.8 Å². The monoisotopic (exact) mass is 358 g/mol. The largest absolute Gasteiger partial charge is 0.463 e. The molecule has 0 atom stereocenters. The van der Waals surface area contributed by atoms with Gasteiger partial charge < -0.3 is 19.4 Å². The smallest absolute Gasteiger partial charge is 0.355 e. The van der Waals surface area contributed by atoms with E-state index in [1.165, 1.54) is 16.6 Å². The zero-order chi connectivity index (χ0) is 19.4. The molecule has 0 aliphatic carbocycles. The minimum Gasteiger partial charge on any atom is -0.463 e. The fraction of sp³-hybridized carbons (Fsp3) is 0.400. The van der Waals surface area contributed by atoms with Crippen LogP contribution in [0.5, 0.6) is 0 Å². The van der Waals surface area contributed by atoms with Crippen LogP contribution in [0.1, 0.15) is 30.7 Å². The maximum Gasteiger partial charge on any atom is 0.355 e. The molecule has 0 aliphatic heterocycles. The number of nitrogens with zero attached hydrogens (tertiary/aromatic N) is 1. The molecule has 1 aromatic heterocycles. The highest BCUT2D eigenvalue weighted by Crippen LogP contribution is 2.30. The summed E-state index contributed by atoms with van der Waals surface area (Å²) in [6.07, 6.45) is 1.13. The van der Waals surface area contributed by atoms with Crippen molar-refractivity contribution in [3.63, 3.8) is 0 Å². The van der Waals surface area contributed by atoms with Crippen LogP contribution in [-0.4, -0.2) is 29.7 Å². The van der Waals surface area contributed by atoms with Gasteiger partial charge in [0.05, 0.1) is 24.8 Å². The van der Waals surface area contributed by atoms with Gasteiger partial charge in [-0.05, 0) is 57.9 Å². The van der Waals surface area contributed by atoms with Gasteiger partial charge in [-0.3, -0.25) is 0 Å². The molecule has 0 amide bonds. The maximum absolute atomic E-state index is 12.2. The number of hydrogen-bond donors (Lipinski definition) is 1. The average Bonchev–Trinajstić information content (AvgIpc) is 2.79. The summed E-state index contributed by atoms with van der Waals surface area (Å²) in [5.74, 6) is -1.19. The van der Waals surface area contributed by atoms with Crippen molar-refractivity contribution in [2.24, 2.45) is 7.05 Å². The first kappa shape index (κ1) is 19.6. The summed E-state index contributed by atoms with van der Waals surface area (Å²) in [6, 6.07) is 4.05. The van der Waals surface area contributed by atoms with E-state index in [9.17, 15) is 9.59 Å². The molecule has 0 spiro atoms. The Kier molecular flexibility index (Phi) is 6.08. The lowest BCUT2D eigenvalue weighted by Crippen LogP contribution is -2.17. The van der Waals surface area contributed by atoms with Gasteiger partial charge >= 0.3 is 11.9 Å². The SMILES string of the molecule is CCOC(=O)/C=C(\Nc1cc2c(cc1C)c(C)c(C)n2C)C(=O)OCC. The third kappa shape index (κ3) is 3.90. The van der Waals surface area contributed by atoms with Crippen LogP contribution in [0.2, 0.25) is 0 Å². The van der Waals surface area contributed by atoms with E-state index in [1.807, 2.05) is 20.0 Å². The fourth-order valence-corrected chi connectivity index (χ4v) is 2.84. The second-order valence-corrected chi connectivity index (χ2v) is 6.11. The molecule has 1 heterocycles. The van der Waals surface area contributed by atoms with E-state index in [4.69, 9.17) is 9.47 Å². The van der Waals surface area contributed by atoms with Gasteiger partial charge in [-0.2, -0.15) is 0 Å². The quantitative estimate of drug-likeness (QED) is 0.632. The van der Waals surface area contributed by atoms with Crippen molar-refractivity contribution < 1.29 is 19.1 Å². The van der Waals surface area contributed by atoms with Crippen molar-refractivity contribution in [3.8, 4) is 0 Å². The molecule has 1 N–H and O–H groups in total. The minimum absolute atomic E-state index is 0.0513. The molecule has 0 saturated carbocycles. The number of rotatable bonds is 6. The molecule has 6 heteroatoms. The van der Waals surface area contributed by atoms with Crippen LogP contribution in [-0.2, 0) is 26.1 Å². The molecular weight excluding hydrogens is 332 g/mol. The maximum atomic E-state index is 12.2. The Labute approximate surface area is 153 Å². The number of hydrogen-bond acceptors (Lipinski definition) is 5. The van der Waals surface area contributed by atoms with Crippen LogP contribution in [0.15, 0.2) is 23.9 Å². The van der Waals surface area contributed by atoms with Crippen molar-refractivity contribution in [2.45, 2.75) is 34.6 Å². The second-order valence-electron chi connectivity index (χ2n) is 6.11. The van der Waals surface area contributed by atoms with E-state index in [0.29, 0.717) is 0 Å². The standard InChI is InChI=1S/C20H26N2O4/c1-7-25-19(23)11-17(20(24)26-8-2)21-16-10-18-15(9-12(16)3)13(4)14(5)22(18)6/h9-11,21H,7-8H2,1-6H3/b17-11-. The zero-order valence-electron chi connectivity index (χ0n) is 16.2. The molecule has 6 nitrogen and oxygen atoms in total. The van der Waals surface area contributed by atoms with E-state index in [1.54, 1.807) is 13.8 Å². The molecule has 1 aromatic carbocycles. The van der Waals surface area contributed by atoms with Gasteiger partial charge in [0.2, 0.25) is 0 Å². The molecule has 0 fully saturated rings. The van der Waals surface area contributed by atoms with Crippen LogP contribution < -0.4 is 5.32 Å². The lowest BCUT2D eigenvalue weighted by atomic mass is 10.1. The number of benzene rings is 1. The number of fused-ring (bicyclic) bond motifs is 1. The van der Waals surface area contributed by atoms with E-state index >= 15 is 0 Å². The Morgan fingerprint density at radius 2 is 1.77 bits per heavy atom. The lowest BCUT2D eigenvalue weighted by molar-refractivity contribution is -0.140. The third-order valence-corrected chi connectivity index (χ3v) is 4.47. The number of aryl methyl sites for hydroxylation is 3. The Hall–Kier alpha value is -2.76. The van der Waals surface area contributed by atoms with Crippen LogP contribution in [0.4, 0.5) is 5.69 Å². The van der Waals surface area contributed by atoms with Crippen molar-refractivity contribution >= 4 is 28.5 Å². The Morgan fingerprint density at radius 1 is 1.12 bits per heavy atom. The Bertz CT molecular complexity index is 878. The number of carbonyl (C=O) groups excluding carboxylic acids is 2. The highest BCUT2D eigenvalue weighted by molar-refractivity contribution is 6.00. The van der Waals surface area contributed by atoms with Gasteiger partial charge in [0.15, 0.2) is 0 Å². The number of nitrogens with one attached hydrogen (secondary N) is 1. The number of aromatic nitrogens is 1. The van der Waals surface area contributed by atoms with Crippen LogP contribution in [0, 0.1) is 20.8 Å². The number of carbonyl (C=O) groups is 2. The van der Waals surface area contributed by atoms with Gasteiger partial charge in [-0.25, -0.2) is 9.59 Å². The summed E-state index contributed by atoms with van der Waals surface area (Å²) >= 11 is 0. The molecule has 2 rings (SSSR count). The summed E-state index contributed by atoms with van der Waals surface area (Å²) in [4.78, 5) is 24.0. The minimum atomic E-state index is -0.598. The highest BCUT2D eigenvalue weighted by atomic mass is 16.5. The lowest BCUT2D eigenvalue weighted by Gasteiger charge is -2.13. The fourth-order valence-electron chi connectivity index (χ4n) is 2.84. The van der Waals surface area contributed by atoms with Gasteiger partial charge in [-0.1, -0.05) is 0 Å². The van der Waals surface area contributed by atoms with Crippen molar-refractivity contribution in [1.82, 2.24) is 4.57 Å². The Morgan fingerprint density at radius 3 is 2.38 bits per heavy atom. The molecule has 0 unspecified atom stereocenters. The van der Waals surface area contributed by atoms with E-state index in [2.05, 4.69) is 29.8 Å². The first-order chi connectivity index (χ1) is 12.3. The van der Waals surface area contributed by atoms with Crippen molar-refractivity contribution in [3.05, 3.63) is 40.7 Å². The molecule has 0 aliphatic rings. The van der Waals surface area contributed by atoms with Crippen LogP contribution in [0.3, 0.4) is 0 Å². The summed E-state index contributed by atoms with van der Waals surface area (Å²) in [5, 5.41) is 4.21. The van der Waals surface area contributed by atoms with Gasteiger partial charge in [0.25, 0.3) is 0 Å². The summed E-state index contributed by atoms with van der Waals surface area (Å²) in [7, 11) is 2.00. The molecule has 0 bridgehead atoms. The third-order valence-electron chi connectivity index (χ3n) is 4.47. The molecular formula is C20H26N2O4.